The molecule has 1 aromatic heterocycles. The van der Waals surface area contributed by atoms with Crippen molar-refractivity contribution in [2.45, 2.75) is 43.9 Å². The van der Waals surface area contributed by atoms with E-state index in [0.29, 0.717) is 5.41 Å². The van der Waals surface area contributed by atoms with Gasteiger partial charge in [-0.05, 0) is 74.5 Å². The zero-order valence-electron chi connectivity index (χ0n) is 11.5. The molecule has 0 aliphatic heterocycles. The summed E-state index contributed by atoms with van der Waals surface area (Å²) in [5.74, 6) is 4.20. The molecule has 2 nitrogen and oxygen atoms in total. The minimum absolute atomic E-state index is 0.375. The maximum Gasteiger partial charge on any atom is 0.113 e. The Kier molecular flexibility index (Phi) is 2.29. The van der Waals surface area contributed by atoms with Crippen LogP contribution in [0.3, 0.4) is 0 Å². The summed E-state index contributed by atoms with van der Waals surface area (Å²) in [6, 6.07) is 6.37. The van der Waals surface area contributed by atoms with Gasteiger partial charge in [-0.2, -0.15) is 0 Å². The first-order chi connectivity index (χ1) is 9.70. The summed E-state index contributed by atoms with van der Waals surface area (Å²) in [6.07, 6.45) is 8.60. The lowest BCUT2D eigenvalue weighted by Crippen LogP contribution is -2.49. The molecule has 4 fully saturated rings. The molecule has 1 heterocycles. The number of benzene rings is 1. The Bertz CT molecular complexity index is 652. The zero-order valence-corrected chi connectivity index (χ0v) is 13.1. The first-order valence-corrected chi connectivity index (χ1v) is 8.65. The van der Waals surface area contributed by atoms with Crippen LogP contribution in [0.4, 0.5) is 0 Å². The Labute approximate surface area is 127 Å². The van der Waals surface area contributed by atoms with Crippen LogP contribution < -0.4 is 0 Å². The van der Waals surface area contributed by atoms with Gasteiger partial charge in [-0.25, -0.2) is 4.98 Å². The molecule has 4 aliphatic carbocycles. The third-order valence-electron chi connectivity index (χ3n) is 5.98. The molecule has 0 radical (unpaired) electrons. The molecule has 0 saturated heterocycles. The maximum absolute atomic E-state index is 4.97. The third kappa shape index (κ3) is 1.59. The van der Waals surface area contributed by atoms with Gasteiger partial charge in [0, 0.05) is 9.89 Å². The van der Waals surface area contributed by atoms with E-state index in [1.165, 1.54) is 49.9 Å². The van der Waals surface area contributed by atoms with Crippen molar-refractivity contribution in [2.75, 3.05) is 0 Å². The molecule has 0 unspecified atom stereocenters. The van der Waals surface area contributed by atoms with Crippen LogP contribution in [0.2, 0.25) is 0 Å². The number of halogens is 1. The smallest absolute Gasteiger partial charge is 0.113 e. The lowest BCUT2D eigenvalue weighted by Gasteiger charge is -2.55. The van der Waals surface area contributed by atoms with Crippen LogP contribution >= 0.6 is 15.9 Å². The van der Waals surface area contributed by atoms with E-state index in [4.69, 9.17) is 4.98 Å². The predicted octanol–water partition coefficient (Wildman–Crippen LogP) is 4.79. The van der Waals surface area contributed by atoms with Gasteiger partial charge in [0.25, 0.3) is 0 Å². The molecule has 2 aromatic rings. The summed E-state index contributed by atoms with van der Waals surface area (Å²) < 4.78 is 1.13. The van der Waals surface area contributed by atoms with Gasteiger partial charge in [-0.15, -0.1) is 0 Å². The Hall–Kier alpha value is -0.830. The van der Waals surface area contributed by atoms with Gasteiger partial charge >= 0.3 is 0 Å². The van der Waals surface area contributed by atoms with E-state index in [9.17, 15) is 0 Å². The molecule has 4 bridgehead atoms. The largest absolute Gasteiger partial charge is 0.341 e. The second kappa shape index (κ2) is 3.88. The molecular weight excluding hydrogens is 312 g/mol. The number of nitrogens with one attached hydrogen (secondary N) is 1. The van der Waals surface area contributed by atoms with Crippen molar-refractivity contribution in [3.8, 4) is 0 Å². The molecule has 1 N–H and O–H groups in total. The molecule has 104 valence electrons. The van der Waals surface area contributed by atoms with E-state index in [0.717, 1.165) is 27.7 Å². The average molecular weight is 331 g/mol. The summed E-state index contributed by atoms with van der Waals surface area (Å²) in [6.45, 7) is 0. The summed E-state index contributed by atoms with van der Waals surface area (Å²) in [7, 11) is 0. The minimum Gasteiger partial charge on any atom is -0.341 e. The minimum atomic E-state index is 0.375. The van der Waals surface area contributed by atoms with Crippen LogP contribution in [0.1, 0.15) is 44.3 Å². The fraction of sp³-hybridized carbons (Fsp3) is 0.588. The molecule has 0 spiro atoms. The monoisotopic (exact) mass is 330 g/mol. The Morgan fingerprint density at radius 2 is 1.70 bits per heavy atom. The molecule has 1 aromatic carbocycles. The highest BCUT2D eigenvalue weighted by Gasteiger charge is 2.53. The van der Waals surface area contributed by atoms with Crippen molar-refractivity contribution in [1.82, 2.24) is 9.97 Å². The Balaban J connectivity index is 1.63. The van der Waals surface area contributed by atoms with Crippen molar-refractivity contribution >= 4 is 27.0 Å². The van der Waals surface area contributed by atoms with Crippen molar-refractivity contribution in [1.29, 1.82) is 0 Å². The fourth-order valence-corrected chi connectivity index (χ4v) is 5.99. The van der Waals surface area contributed by atoms with Crippen LogP contribution in [0, 0.1) is 17.8 Å². The lowest BCUT2D eigenvalue weighted by molar-refractivity contribution is -0.00886. The molecule has 4 saturated carbocycles. The highest BCUT2D eigenvalue weighted by atomic mass is 79.9. The SMILES string of the molecule is Brc1ccc2nc(C34CC5CC(CC(C5)C3)C4)[nH]c2c1. The van der Waals surface area contributed by atoms with Crippen LogP contribution in [-0.2, 0) is 5.41 Å². The highest BCUT2D eigenvalue weighted by molar-refractivity contribution is 9.10. The number of aromatic amines is 1. The third-order valence-corrected chi connectivity index (χ3v) is 6.48. The van der Waals surface area contributed by atoms with Crippen molar-refractivity contribution in [3.63, 3.8) is 0 Å². The highest BCUT2D eigenvalue weighted by Crippen LogP contribution is 2.60. The molecular formula is C17H19BrN2. The summed E-state index contributed by atoms with van der Waals surface area (Å²) in [4.78, 5) is 8.62. The number of hydrogen-bond donors (Lipinski definition) is 1. The van der Waals surface area contributed by atoms with Gasteiger partial charge in [0.15, 0.2) is 0 Å². The zero-order chi connectivity index (χ0) is 13.3. The number of imidazole rings is 1. The Morgan fingerprint density at radius 3 is 2.35 bits per heavy atom. The quantitative estimate of drug-likeness (QED) is 0.799. The predicted molar refractivity (Wildman–Crippen MR) is 83.6 cm³/mol. The van der Waals surface area contributed by atoms with E-state index in [-0.39, 0.29) is 0 Å². The van der Waals surface area contributed by atoms with Gasteiger partial charge in [-0.1, -0.05) is 15.9 Å². The number of fused-ring (bicyclic) bond motifs is 1. The van der Waals surface area contributed by atoms with E-state index in [1.54, 1.807) is 0 Å². The molecule has 4 aliphatic rings. The van der Waals surface area contributed by atoms with Gasteiger partial charge in [0.2, 0.25) is 0 Å². The van der Waals surface area contributed by atoms with Crippen molar-refractivity contribution < 1.29 is 0 Å². The van der Waals surface area contributed by atoms with Gasteiger partial charge in [0.05, 0.1) is 11.0 Å². The first kappa shape index (κ1) is 11.8. The topological polar surface area (TPSA) is 28.7 Å². The lowest BCUT2D eigenvalue weighted by atomic mass is 9.49. The summed E-state index contributed by atoms with van der Waals surface area (Å²) in [5.41, 5.74) is 2.68. The molecule has 0 atom stereocenters. The number of H-pyrrole nitrogens is 1. The average Bonchev–Trinajstić information content (AvgIpc) is 2.80. The van der Waals surface area contributed by atoms with Crippen LogP contribution in [0.25, 0.3) is 11.0 Å². The van der Waals surface area contributed by atoms with Gasteiger partial charge in [-0.3, -0.25) is 0 Å². The van der Waals surface area contributed by atoms with Gasteiger partial charge < -0.3 is 4.98 Å². The standard InChI is InChI=1S/C17H19BrN2/c18-13-1-2-14-15(6-13)20-16(19-14)17-7-10-3-11(8-17)5-12(4-10)9-17/h1-2,6,10-12H,3-5,7-9H2,(H,19,20). The number of aromatic nitrogens is 2. The fourth-order valence-electron chi connectivity index (χ4n) is 5.63. The van der Waals surface area contributed by atoms with Crippen LogP contribution in [0.5, 0.6) is 0 Å². The van der Waals surface area contributed by atoms with E-state index in [2.05, 4.69) is 39.1 Å². The second-order valence-corrected chi connectivity index (χ2v) is 8.36. The summed E-state index contributed by atoms with van der Waals surface area (Å²) >= 11 is 3.56. The van der Waals surface area contributed by atoms with Gasteiger partial charge in [0.1, 0.15) is 5.82 Å². The molecule has 3 heteroatoms. The maximum atomic E-state index is 4.97. The first-order valence-electron chi connectivity index (χ1n) is 7.86. The molecule has 0 amide bonds. The molecule has 6 rings (SSSR count). The van der Waals surface area contributed by atoms with E-state index >= 15 is 0 Å². The Morgan fingerprint density at radius 1 is 1.05 bits per heavy atom. The number of nitrogens with zero attached hydrogens (tertiary/aromatic N) is 1. The normalized spacial score (nSPS) is 38.8. The van der Waals surface area contributed by atoms with Crippen LogP contribution in [-0.4, -0.2) is 9.97 Å². The van der Waals surface area contributed by atoms with Crippen LogP contribution in [0.15, 0.2) is 22.7 Å². The molecule has 20 heavy (non-hydrogen) atoms. The number of rotatable bonds is 1. The van der Waals surface area contributed by atoms with Crippen molar-refractivity contribution in [3.05, 3.63) is 28.5 Å². The van der Waals surface area contributed by atoms with E-state index < -0.39 is 0 Å². The number of hydrogen-bond acceptors (Lipinski definition) is 1. The van der Waals surface area contributed by atoms with Crippen molar-refractivity contribution in [2.24, 2.45) is 17.8 Å². The summed E-state index contributed by atoms with van der Waals surface area (Å²) in [5, 5.41) is 0. The second-order valence-electron chi connectivity index (χ2n) is 7.44. The van der Waals surface area contributed by atoms with E-state index in [1.807, 2.05) is 0 Å².